The van der Waals surface area contributed by atoms with Crippen molar-refractivity contribution in [2.75, 3.05) is 11.9 Å². The first kappa shape index (κ1) is 18.3. The molecule has 1 aliphatic rings. The lowest BCUT2D eigenvalue weighted by molar-refractivity contribution is -0.137. The molecule has 2 aromatic rings. The number of phenols is 1. The number of aromatic hydroxyl groups is 1. The van der Waals surface area contributed by atoms with Crippen molar-refractivity contribution in [3.63, 3.8) is 0 Å². The lowest BCUT2D eigenvalue weighted by atomic mass is 10.1. The molecule has 138 valence electrons. The van der Waals surface area contributed by atoms with Gasteiger partial charge in [-0.3, -0.25) is 19.3 Å². The van der Waals surface area contributed by atoms with Gasteiger partial charge in [0.1, 0.15) is 11.6 Å². The molecule has 0 atom stereocenters. The predicted octanol–water partition coefficient (Wildman–Crippen LogP) is 2.70. The van der Waals surface area contributed by atoms with Crippen molar-refractivity contribution in [1.82, 2.24) is 4.90 Å². The van der Waals surface area contributed by atoms with Gasteiger partial charge in [0.2, 0.25) is 11.8 Å². The number of nitrogens with one attached hydrogen (secondary N) is 1. The summed E-state index contributed by atoms with van der Waals surface area (Å²) in [6, 6.07) is 12.0. The van der Waals surface area contributed by atoms with E-state index in [-0.39, 0.29) is 36.4 Å². The van der Waals surface area contributed by atoms with Gasteiger partial charge in [-0.1, -0.05) is 24.3 Å². The number of imide groups is 1. The van der Waals surface area contributed by atoms with Crippen LogP contribution >= 0.6 is 0 Å². The average molecular weight is 368 g/mol. The maximum Gasteiger partial charge on any atom is 0.256 e. The van der Waals surface area contributed by atoms with Crippen LogP contribution in [0.1, 0.15) is 18.4 Å². The molecule has 1 fully saturated rings. The molecule has 27 heavy (non-hydrogen) atoms. The fourth-order valence-electron chi connectivity index (χ4n) is 2.76. The minimum absolute atomic E-state index is 0.0699. The first-order valence-electron chi connectivity index (χ1n) is 8.33. The van der Waals surface area contributed by atoms with Crippen LogP contribution in [0.4, 0.5) is 10.1 Å². The van der Waals surface area contributed by atoms with Crippen LogP contribution in [0.5, 0.6) is 5.75 Å². The Kier molecular flexibility index (Phi) is 5.30. The van der Waals surface area contributed by atoms with Crippen molar-refractivity contribution in [3.05, 3.63) is 65.5 Å². The number of anilines is 1. The van der Waals surface area contributed by atoms with Gasteiger partial charge < -0.3 is 10.4 Å². The number of carbonyl (C=O) groups is 3. The van der Waals surface area contributed by atoms with Crippen molar-refractivity contribution in [1.29, 1.82) is 0 Å². The average Bonchev–Trinajstić information content (AvgIpc) is 2.88. The highest BCUT2D eigenvalue weighted by Crippen LogP contribution is 2.23. The maximum absolute atomic E-state index is 13.3. The van der Waals surface area contributed by atoms with Gasteiger partial charge in [0, 0.05) is 18.5 Å². The number of amides is 3. The number of nitrogens with zero attached hydrogens (tertiary/aromatic N) is 1. The number of benzene rings is 2. The Morgan fingerprint density at radius 1 is 1.19 bits per heavy atom. The summed E-state index contributed by atoms with van der Waals surface area (Å²) in [6.45, 7) is -0.0718. The lowest BCUT2D eigenvalue weighted by Gasteiger charge is -2.13. The molecule has 2 aromatic carbocycles. The standard InChI is InChI=1S/C20H17FN2O4/c21-15-5-3-4-13(11-15)10-14-12-19(26)23(20(14)27)9-8-18(25)22-16-6-1-2-7-17(16)24/h1-7,10-11,24H,8-9,12H2,(H,22,25)/b14-10+. The van der Waals surface area contributed by atoms with Gasteiger partial charge in [-0.2, -0.15) is 0 Å². The predicted molar refractivity (Wildman–Crippen MR) is 97.1 cm³/mol. The van der Waals surface area contributed by atoms with Gasteiger partial charge in [0.05, 0.1) is 12.1 Å². The number of hydrogen-bond donors (Lipinski definition) is 2. The van der Waals surface area contributed by atoms with Gasteiger partial charge in [-0.25, -0.2) is 4.39 Å². The van der Waals surface area contributed by atoms with Crippen LogP contribution < -0.4 is 5.32 Å². The number of likely N-dealkylation sites (tertiary alicyclic amines) is 1. The highest BCUT2D eigenvalue weighted by Gasteiger charge is 2.33. The van der Waals surface area contributed by atoms with Crippen LogP contribution in [-0.2, 0) is 14.4 Å². The summed E-state index contributed by atoms with van der Waals surface area (Å²) in [5.74, 6) is -1.82. The lowest BCUT2D eigenvalue weighted by Crippen LogP contribution is -2.32. The van der Waals surface area contributed by atoms with Crippen molar-refractivity contribution < 1.29 is 23.9 Å². The molecule has 7 heteroatoms. The molecule has 1 aliphatic heterocycles. The molecular weight excluding hydrogens is 351 g/mol. The second kappa shape index (κ2) is 7.82. The van der Waals surface area contributed by atoms with Crippen molar-refractivity contribution >= 4 is 29.5 Å². The molecule has 1 saturated heterocycles. The summed E-state index contributed by atoms with van der Waals surface area (Å²) in [6.07, 6.45) is 1.29. The van der Waals surface area contributed by atoms with E-state index in [1.54, 1.807) is 24.3 Å². The van der Waals surface area contributed by atoms with Crippen LogP contribution in [0.25, 0.3) is 6.08 Å². The SMILES string of the molecule is O=C(CCN1C(=O)C/C(=C\c2cccc(F)c2)C1=O)Nc1ccccc1O. The van der Waals surface area contributed by atoms with Crippen LogP contribution in [0, 0.1) is 5.82 Å². The van der Waals surface area contributed by atoms with E-state index in [0.29, 0.717) is 5.56 Å². The molecule has 0 radical (unpaired) electrons. The van der Waals surface area contributed by atoms with E-state index in [1.807, 2.05) is 0 Å². The van der Waals surface area contributed by atoms with Gasteiger partial charge in [-0.05, 0) is 35.9 Å². The van der Waals surface area contributed by atoms with Crippen molar-refractivity contribution in [3.8, 4) is 5.75 Å². The minimum atomic E-state index is -0.486. The van der Waals surface area contributed by atoms with Gasteiger partial charge in [0.25, 0.3) is 5.91 Å². The van der Waals surface area contributed by atoms with E-state index in [0.717, 1.165) is 4.90 Å². The van der Waals surface area contributed by atoms with E-state index < -0.39 is 23.5 Å². The highest BCUT2D eigenvalue weighted by atomic mass is 19.1. The van der Waals surface area contributed by atoms with Gasteiger partial charge in [-0.15, -0.1) is 0 Å². The third kappa shape index (κ3) is 4.38. The Hall–Kier alpha value is -3.48. The molecule has 3 amide bonds. The molecule has 0 aromatic heterocycles. The third-order valence-corrected chi connectivity index (χ3v) is 4.09. The van der Waals surface area contributed by atoms with E-state index in [4.69, 9.17) is 0 Å². The van der Waals surface area contributed by atoms with E-state index in [2.05, 4.69) is 5.32 Å². The summed E-state index contributed by atoms with van der Waals surface area (Å²) in [4.78, 5) is 37.5. The Morgan fingerprint density at radius 2 is 1.96 bits per heavy atom. The summed E-state index contributed by atoms with van der Waals surface area (Å²) < 4.78 is 13.3. The monoisotopic (exact) mass is 368 g/mol. The summed E-state index contributed by atoms with van der Waals surface area (Å²) in [5.41, 5.74) is 1.00. The number of rotatable bonds is 5. The quantitative estimate of drug-likeness (QED) is 0.483. The molecule has 6 nitrogen and oxygen atoms in total. The molecule has 3 rings (SSSR count). The second-order valence-electron chi connectivity index (χ2n) is 6.07. The smallest absolute Gasteiger partial charge is 0.256 e. The fourth-order valence-corrected chi connectivity index (χ4v) is 2.76. The highest BCUT2D eigenvalue weighted by molar-refractivity contribution is 6.15. The molecule has 0 unspecified atom stereocenters. The maximum atomic E-state index is 13.3. The zero-order valence-corrected chi connectivity index (χ0v) is 14.3. The number of para-hydroxylation sites is 2. The number of halogens is 1. The van der Waals surface area contributed by atoms with E-state index in [1.165, 1.54) is 30.3 Å². The van der Waals surface area contributed by atoms with Crippen molar-refractivity contribution in [2.24, 2.45) is 0 Å². The Balaban J connectivity index is 1.62. The van der Waals surface area contributed by atoms with E-state index >= 15 is 0 Å². The molecule has 1 heterocycles. The van der Waals surface area contributed by atoms with Crippen LogP contribution in [-0.4, -0.2) is 34.3 Å². The number of carbonyl (C=O) groups excluding carboxylic acids is 3. The molecular formula is C20H17FN2O4. The normalized spacial score (nSPS) is 15.4. The van der Waals surface area contributed by atoms with Crippen LogP contribution in [0.15, 0.2) is 54.1 Å². The van der Waals surface area contributed by atoms with Crippen molar-refractivity contribution in [2.45, 2.75) is 12.8 Å². The second-order valence-corrected chi connectivity index (χ2v) is 6.07. The Labute approximate surface area is 154 Å². The topological polar surface area (TPSA) is 86.7 Å². The summed E-state index contributed by atoms with van der Waals surface area (Å²) in [5, 5.41) is 12.2. The largest absolute Gasteiger partial charge is 0.506 e. The zero-order valence-electron chi connectivity index (χ0n) is 14.3. The first-order chi connectivity index (χ1) is 12.9. The van der Waals surface area contributed by atoms with Crippen LogP contribution in [0.2, 0.25) is 0 Å². The molecule has 0 spiro atoms. The third-order valence-electron chi connectivity index (χ3n) is 4.09. The molecule has 0 aliphatic carbocycles. The molecule has 0 bridgehead atoms. The Bertz CT molecular complexity index is 939. The first-order valence-corrected chi connectivity index (χ1v) is 8.33. The van der Waals surface area contributed by atoms with Gasteiger partial charge >= 0.3 is 0 Å². The summed E-state index contributed by atoms with van der Waals surface area (Å²) >= 11 is 0. The van der Waals surface area contributed by atoms with E-state index in [9.17, 15) is 23.9 Å². The summed E-state index contributed by atoms with van der Waals surface area (Å²) in [7, 11) is 0. The zero-order chi connectivity index (χ0) is 19.4. The molecule has 2 N–H and O–H groups in total. The van der Waals surface area contributed by atoms with Crippen LogP contribution in [0.3, 0.4) is 0 Å². The fraction of sp³-hybridized carbons (Fsp3) is 0.150. The Morgan fingerprint density at radius 3 is 2.70 bits per heavy atom. The minimum Gasteiger partial charge on any atom is -0.506 e. The van der Waals surface area contributed by atoms with Gasteiger partial charge in [0.15, 0.2) is 0 Å². The number of phenolic OH excluding ortho intramolecular Hbond substituents is 1. The molecule has 0 saturated carbocycles. The number of hydrogen-bond acceptors (Lipinski definition) is 4.